The average molecular weight is 2140 g/mol. The van der Waals surface area contributed by atoms with Crippen LogP contribution in [-0.2, 0) is 112 Å². The number of para-hydroxylation sites is 3. The van der Waals surface area contributed by atoms with Gasteiger partial charge in [0, 0.05) is 153 Å². The van der Waals surface area contributed by atoms with Gasteiger partial charge in [-0.3, -0.25) is 24.7 Å². The number of hydrogen-bond acceptors (Lipinski definition) is 11. The number of carbonyl (C=O) groups excluding carboxylic acids is 1. The summed E-state index contributed by atoms with van der Waals surface area (Å²) < 4.78 is 13.6. The van der Waals surface area contributed by atoms with Crippen molar-refractivity contribution in [1.29, 1.82) is 0 Å². The van der Waals surface area contributed by atoms with Crippen molar-refractivity contribution in [2.24, 2.45) is 0 Å². The topological polar surface area (TPSA) is 107 Å². The first kappa shape index (κ1) is 72.8. The molecule has 1 aliphatic rings. The molecule has 0 saturated heterocycles. The number of aromatic nitrogens is 5. The number of thiazole rings is 2. The van der Waals surface area contributed by atoms with Crippen molar-refractivity contribution in [2.75, 3.05) is 19.0 Å². The third-order valence-corrected chi connectivity index (χ3v) is 16.3. The van der Waals surface area contributed by atoms with Gasteiger partial charge in [-0.1, -0.05) is 138 Å². The molecular formula is C77H55Ir5N6O3S2-5. The van der Waals surface area contributed by atoms with Crippen LogP contribution < -0.4 is 9.64 Å². The molecule has 10 aromatic carbocycles. The van der Waals surface area contributed by atoms with Crippen LogP contribution in [-0.4, -0.2) is 45.0 Å². The Bertz CT molecular complexity index is 4600. The van der Waals surface area contributed by atoms with E-state index in [0.717, 1.165) is 88.3 Å². The fraction of sp³-hybridized carbons (Fsp3) is 0.0519. The Morgan fingerprint density at radius 1 is 0.516 bits per heavy atom. The van der Waals surface area contributed by atoms with E-state index in [-0.39, 0.29) is 106 Å². The molecule has 93 heavy (non-hydrogen) atoms. The smallest absolute Gasteiger partial charge is 0.301 e. The molecule has 1 unspecified atom stereocenters. The molecule has 0 fully saturated rings. The summed E-state index contributed by atoms with van der Waals surface area (Å²) in [4.78, 5) is 36.8. The van der Waals surface area contributed by atoms with Gasteiger partial charge >= 0.3 is 5.97 Å². The van der Waals surface area contributed by atoms with Gasteiger partial charge in [0.2, 0.25) is 0 Å². The summed E-state index contributed by atoms with van der Waals surface area (Å²) >= 11 is 3.26. The van der Waals surface area contributed by atoms with Crippen molar-refractivity contribution in [3.8, 4) is 50.4 Å². The Hall–Kier alpha value is -7.60. The van der Waals surface area contributed by atoms with Crippen molar-refractivity contribution >= 4 is 76.4 Å². The van der Waals surface area contributed by atoms with Crippen molar-refractivity contribution in [3.63, 3.8) is 0 Å². The maximum Gasteiger partial charge on any atom is 0.301 e. The minimum atomic E-state index is -0.440. The maximum atomic E-state index is 12.4. The number of carbonyl (C=O) groups is 1. The minimum Gasteiger partial charge on any atom is -0.490 e. The molecule has 473 valence electrons. The van der Waals surface area contributed by atoms with E-state index in [1.165, 1.54) is 37.8 Å². The zero-order valence-corrected chi connectivity index (χ0v) is 63.3. The molecule has 16 heteroatoms. The normalized spacial score (nSPS) is 11.5. The number of benzene rings is 10. The average Bonchev–Trinajstić information content (AvgIpc) is 1.82. The van der Waals surface area contributed by atoms with Gasteiger partial charge in [0.25, 0.3) is 0 Å². The second-order valence-electron chi connectivity index (χ2n) is 20.4. The first-order chi connectivity index (χ1) is 43.3. The molecule has 0 spiro atoms. The maximum absolute atomic E-state index is 12.4. The van der Waals surface area contributed by atoms with Crippen LogP contribution in [0.1, 0.15) is 27.7 Å². The van der Waals surface area contributed by atoms with Gasteiger partial charge in [0.05, 0.1) is 33.4 Å². The number of oxazole rings is 1. The van der Waals surface area contributed by atoms with Gasteiger partial charge in [-0.15, -0.1) is 112 Å². The van der Waals surface area contributed by atoms with Crippen molar-refractivity contribution < 1.29 is 114 Å². The quantitative estimate of drug-likeness (QED) is 0.0835. The van der Waals surface area contributed by atoms with Crippen LogP contribution in [0.3, 0.4) is 0 Å². The van der Waals surface area contributed by atoms with Crippen LogP contribution in [0.2, 0.25) is 0 Å². The Morgan fingerprint density at radius 2 is 1.14 bits per heavy atom. The third-order valence-electron chi connectivity index (χ3n) is 14.1. The molecule has 5 radical (unpaired) electrons. The monoisotopic (exact) mass is 2140 g/mol. The molecule has 15 aromatic rings. The molecule has 0 amide bonds. The molecule has 0 bridgehead atoms. The van der Waals surface area contributed by atoms with Gasteiger partial charge in [-0.2, -0.15) is 59.7 Å². The Balaban J connectivity index is 0.000000164. The number of nitrogens with zero attached hydrogens (tertiary/aromatic N) is 6. The van der Waals surface area contributed by atoms with E-state index in [2.05, 4.69) is 104 Å². The van der Waals surface area contributed by atoms with Crippen LogP contribution in [0.15, 0.2) is 278 Å². The van der Waals surface area contributed by atoms with Crippen LogP contribution >= 0.6 is 22.7 Å². The molecule has 6 heterocycles. The second kappa shape index (κ2) is 36.2. The molecule has 5 aromatic heterocycles. The van der Waals surface area contributed by atoms with Crippen LogP contribution in [0.25, 0.3) is 86.7 Å². The standard InChI is InChI=1S/C18H15N2O2S.C17H10NS.C15H10NO.C15H10N.C12H10N.5Ir/c1-20(2)12-8-7-11-9-13(18(21)22-15(11)10-12)17-19-14-5-3-4-6-16(14)23-17;1-2-6-13-11-14(10-9-12(13)5-1)17-18-15-7-3-4-8-16(15)19-17;1-3-7-12(8-4-1)14-11-16-15(17-14)13-9-5-2-6-10-13;1-2-6-12(7-3-1)15-11-10-13-8-4-5-9-14(13)16-15;1-2-6-11(7-3-1)10-12-8-4-5-9-13-12;;;;;/h3-10,13H,1-2H3;1-9,11H;1-9,11H;1-6,8-11H;1-6,8-9H,10H2;;;;;/q5*-1;;;;;. The van der Waals surface area contributed by atoms with E-state index in [4.69, 9.17) is 9.15 Å². The Labute approximate surface area is 617 Å². The molecular weight excluding hydrogens is 2080 g/mol. The van der Waals surface area contributed by atoms with Gasteiger partial charge in [-0.05, 0) is 60.0 Å². The summed E-state index contributed by atoms with van der Waals surface area (Å²) in [7, 11) is 3.92. The third kappa shape index (κ3) is 19.3. The van der Waals surface area contributed by atoms with Crippen LogP contribution in [0.4, 0.5) is 5.69 Å². The van der Waals surface area contributed by atoms with E-state index >= 15 is 0 Å². The number of pyridine rings is 2. The number of anilines is 1. The van der Waals surface area contributed by atoms with Gasteiger partial charge in [0.15, 0.2) is 0 Å². The molecule has 0 saturated carbocycles. The number of esters is 1. The number of hydrogen-bond donors (Lipinski definition) is 0. The first-order valence-electron chi connectivity index (χ1n) is 28.5. The van der Waals surface area contributed by atoms with Gasteiger partial charge in [0.1, 0.15) is 16.7 Å². The first-order valence-corrected chi connectivity index (χ1v) is 30.1. The Kier molecular flexibility index (Phi) is 28.3. The minimum absolute atomic E-state index is 0. The fourth-order valence-electron chi connectivity index (χ4n) is 9.55. The molecule has 0 aliphatic carbocycles. The summed E-state index contributed by atoms with van der Waals surface area (Å²) in [6.07, 6.45) is 6.36. The predicted molar refractivity (Wildman–Crippen MR) is 358 cm³/mol. The predicted octanol–water partition coefficient (Wildman–Crippen LogP) is 18.5. The second-order valence-corrected chi connectivity index (χ2v) is 22.5. The van der Waals surface area contributed by atoms with Gasteiger partial charge in [-0.25, -0.2) is 4.98 Å². The number of rotatable bonds is 8. The number of ether oxygens (including phenoxy) is 1. The van der Waals surface area contributed by atoms with E-state index < -0.39 is 5.92 Å². The summed E-state index contributed by atoms with van der Waals surface area (Å²) in [5.41, 5.74) is 12.2. The van der Waals surface area contributed by atoms with E-state index in [0.29, 0.717) is 11.6 Å². The molecule has 1 aliphatic heterocycles. The summed E-state index contributed by atoms with van der Waals surface area (Å²) in [5, 5.41) is 5.43. The number of fused-ring (bicyclic) bond motifs is 5. The van der Waals surface area contributed by atoms with Crippen molar-refractivity contribution in [2.45, 2.75) is 12.3 Å². The van der Waals surface area contributed by atoms with Crippen LogP contribution in [0, 0.1) is 30.7 Å². The fourth-order valence-corrected chi connectivity index (χ4v) is 11.5. The summed E-state index contributed by atoms with van der Waals surface area (Å²) in [5.74, 6) is 1.28. The largest absolute Gasteiger partial charge is 0.490 e. The van der Waals surface area contributed by atoms with Crippen molar-refractivity contribution in [3.05, 3.63) is 326 Å². The summed E-state index contributed by atoms with van der Waals surface area (Å²) in [6.45, 7) is 0. The van der Waals surface area contributed by atoms with Crippen LogP contribution in [0.5, 0.6) is 5.75 Å². The Morgan fingerprint density at radius 3 is 1.81 bits per heavy atom. The zero-order chi connectivity index (χ0) is 59.9. The summed E-state index contributed by atoms with van der Waals surface area (Å²) in [6, 6.07) is 99.1. The van der Waals surface area contributed by atoms with Gasteiger partial charge < -0.3 is 14.1 Å². The SMILES string of the molecule is CN(C)c1ccc2c(c1)OC(=O)C(c1nc3ccccc3s1)[CH-]2.[Ir].[Ir].[Ir].[Ir].[Ir].[c-]1cc2ccccc2cc1-c1nc2ccccc2s1.[c-]1ccccc1-c1ccc2ccccc2n1.[c-]1ccccc1-c1ncc(-c2ccccc2)o1.[c-]1ccccc1Cc1ccccn1. The zero-order valence-electron chi connectivity index (χ0n) is 49.7. The molecule has 9 nitrogen and oxygen atoms in total. The van der Waals surface area contributed by atoms with E-state index in [9.17, 15) is 4.79 Å². The molecule has 1 atom stereocenters. The van der Waals surface area contributed by atoms with Crippen molar-refractivity contribution in [1.82, 2.24) is 24.9 Å². The van der Waals surface area contributed by atoms with E-state index in [1.807, 2.05) is 238 Å². The van der Waals surface area contributed by atoms with E-state index in [1.54, 1.807) is 17.5 Å². The molecule has 0 N–H and O–H groups in total. The molecule has 16 rings (SSSR count).